The maximum Gasteiger partial charge on any atom is 0.417 e. The number of nitrogens with one attached hydrogen (secondary N) is 1. The van der Waals surface area contributed by atoms with Crippen molar-refractivity contribution in [3.63, 3.8) is 0 Å². The maximum atomic E-state index is 14.0. The number of anilines is 1. The Morgan fingerprint density at radius 2 is 1.83 bits per heavy atom. The second-order valence-electron chi connectivity index (χ2n) is 8.29. The van der Waals surface area contributed by atoms with Crippen LogP contribution in [0.15, 0.2) is 42.7 Å². The zero-order chi connectivity index (χ0) is 25.2. The number of benzene rings is 1. The molecule has 1 aliphatic rings. The van der Waals surface area contributed by atoms with Crippen molar-refractivity contribution in [2.45, 2.75) is 38.4 Å². The summed E-state index contributed by atoms with van der Waals surface area (Å²) in [6.45, 7) is -0.124. The van der Waals surface area contributed by atoms with Crippen LogP contribution in [0.25, 0.3) is 11.4 Å². The molecular weight excluding hydrogens is 471 g/mol. The molecule has 3 aromatic rings. The van der Waals surface area contributed by atoms with Crippen molar-refractivity contribution in [1.29, 1.82) is 0 Å². The van der Waals surface area contributed by atoms with E-state index in [4.69, 9.17) is 0 Å². The summed E-state index contributed by atoms with van der Waals surface area (Å²) in [5.41, 5.74) is -0.988. The van der Waals surface area contributed by atoms with E-state index in [0.717, 1.165) is 24.4 Å². The number of carbonyl (C=O) groups is 2. The number of ketones is 2. The highest BCUT2D eigenvalue weighted by atomic mass is 19.4. The van der Waals surface area contributed by atoms with Crippen LogP contribution in [0.4, 0.5) is 27.8 Å². The van der Waals surface area contributed by atoms with Crippen molar-refractivity contribution in [2.75, 3.05) is 5.32 Å². The Labute approximate surface area is 196 Å². The number of Topliss-reactive ketones (excluding diaryl/α,β-unsaturated/α-hetero) is 2. The van der Waals surface area contributed by atoms with Crippen molar-refractivity contribution in [3.05, 3.63) is 71.2 Å². The van der Waals surface area contributed by atoms with E-state index in [-0.39, 0.29) is 58.9 Å². The number of pyridine rings is 1. The molecule has 2 aromatic heterocycles. The molecule has 6 nitrogen and oxygen atoms in total. The van der Waals surface area contributed by atoms with Crippen LogP contribution in [0.1, 0.15) is 47.3 Å². The smallest absolute Gasteiger partial charge is 0.366 e. The van der Waals surface area contributed by atoms with E-state index in [0.29, 0.717) is 25.5 Å². The summed E-state index contributed by atoms with van der Waals surface area (Å²) in [6.07, 6.45) is -1.41. The Bertz CT molecular complexity index is 1270. The molecule has 1 N–H and O–H groups in total. The van der Waals surface area contributed by atoms with Gasteiger partial charge in [-0.25, -0.2) is 18.7 Å². The van der Waals surface area contributed by atoms with Crippen molar-refractivity contribution in [1.82, 2.24) is 15.0 Å². The van der Waals surface area contributed by atoms with E-state index < -0.39 is 23.4 Å². The Morgan fingerprint density at radius 1 is 1.06 bits per heavy atom. The Balaban J connectivity index is 1.62. The lowest BCUT2D eigenvalue weighted by molar-refractivity contribution is -0.137. The SMILES string of the molecule is O=C1CC(CCC(=O)c2cc(NCc3ccc(F)cc3F)nc(-c3cncc(C(F)(F)F)c3)n2)C1. The number of aromatic nitrogens is 3. The number of halogens is 5. The molecule has 0 spiro atoms. The molecule has 0 amide bonds. The third kappa shape index (κ3) is 6.03. The molecule has 11 heteroatoms. The first-order valence-electron chi connectivity index (χ1n) is 10.7. The van der Waals surface area contributed by atoms with Gasteiger partial charge in [0.15, 0.2) is 11.6 Å². The highest BCUT2D eigenvalue weighted by molar-refractivity contribution is 5.95. The summed E-state index contributed by atoms with van der Waals surface area (Å²) in [4.78, 5) is 35.9. The minimum absolute atomic E-state index is 0.0415. The third-order valence-corrected chi connectivity index (χ3v) is 5.62. The number of rotatable bonds is 8. The quantitative estimate of drug-likeness (QED) is 0.337. The van der Waals surface area contributed by atoms with E-state index in [1.165, 1.54) is 12.1 Å². The van der Waals surface area contributed by atoms with Crippen molar-refractivity contribution in [2.24, 2.45) is 5.92 Å². The number of alkyl halides is 3. The summed E-state index contributed by atoms with van der Waals surface area (Å²) in [7, 11) is 0. The van der Waals surface area contributed by atoms with Crippen LogP contribution >= 0.6 is 0 Å². The number of hydrogen-bond acceptors (Lipinski definition) is 6. The number of nitrogens with zero attached hydrogens (tertiary/aromatic N) is 3. The number of carbonyl (C=O) groups excluding carboxylic acids is 2. The van der Waals surface area contributed by atoms with Crippen molar-refractivity contribution in [3.8, 4) is 11.4 Å². The minimum Gasteiger partial charge on any atom is -0.366 e. The lowest BCUT2D eigenvalue weighted by Crippen LogP contribution is -2.23. The molecule has 0 atom stereocenters. The van der Waals surface area contributed by atoms with E-state index in [1.54, 1.807) is 0 Å². The monoisotopic (exact) mass is 490 g/mol. The molecule has 0 bridgehead atoms. The van der Waals surface area contributed by atoms with Gasteiger partial charge in [0, 0.05) is 61.5 Å². The van der Waals surface area contributed by atoms with E-state index in [9.17, 15) is 31.5 Å². The van der Waals surface area contributed by atoms with Crippen LogP contribution in [0.2, 0.25) is 0 Å². The lowest BCUT2D eigenvalue weighted by atomic mass is 9.80. The van der Waals surface area contributed by atoms with Crippen LogP contribution in [0.5, 0.6) is 0 Å². The normalized spacial score (nSPS) is 14.0. The third-order valence-electron chi connectivity index (χ3n) is 5.62. The summed E-state index contributed by atoms with van der Waals surface area (Å²) >= 11 is 0. The van der Waals surface area contributed by atoms with Crippen LogP contribution in [-0.4, -0.2) is 26.5 Å². The topological polar surface area (TPSA) is 84.8 Å². The molecule has 35 heavy (non-hydrogen) atoms. The van der Waals surface area contributed by atoms with Gasteiger partial charge in [-0.3, -0.25) is 14.6 Å². The van der Waals surface area contributed by atoms with Gasteiger partial charge in [0.2, 0.25) is 0 Å². The van der Waals surface area contributed by atoms with Gasteiger partial charge in [-0.15, -0.1) is 0 Å². The zero-order valence-corrected chi connectivity index (χ0v) is 18.2. The fraction of sp³-hybridized carbons (Fsp3) is 0.292. The predicted molar refractivity (Wildman–Crippen MR) is 115 cm³/mol. The molecule has 0 radical (unpaired) electrons. The molecule has 1 saturated carbocycles. The lowest BCUT2D eigenvalue weighted by Gasteiger charge is -2.23. The second kappa shape index (κ2) is 9.85. The highest BCUT2D eigenvalue weighted by Gasteiger charge is 2.31. The largest absolute Gasteiger partial charge is 0.417 e. The zero-order valence-electron chi connectivity index (χ0n) is 18.2. The van der Waals surface area contributed by atoms with Gasteiger partial charge in [-0.1, -0.05) is 6.07 Å². The second-order valence-corrected chi connectivity index (χ2v) is 8.29. The molecular formula is C24H19F5N4O2. The van der Waals surface area contributed by atoms with Crippen molar-refractivity contribution < 1.29 is 31.5 Å². The Morgan fingerprint density at radius 3 is 2.51 bits per heavy atom. The summed E-state index contributed by atoms with van der Waals surface area (Å²) in [5.74, 6) is -1.74. The van der Waals surface area contributed by atoms with Gasteiger partial charge < -0.3 is 5.32 Å². The Hall–Kier alpha value is -3.76. The first kappa shape index (κ1) is 24.4. The predicted octanol–water partition coefficient (Wildman–Crippen LogP) is 5.39. The van der Waals surface area contributed by atoms with Gasteiger partial charge in [-0.2, -0.15) is 13.2 Å². The van der Waals surface area contributed by atoms with Gasteiger partial charge in [0.25, 0.3) is 0 Å². The van der Waals surface area contributed by atoms with Crippen LogP contribution in [0, 0.1) is 17.6 Å². The van der Waals surface area contributed by atoms with Crippen LogP contribution in [0.3, 0.4) is 0 Å². The fourth-order valence-corrected chi connectivity index (χ4v) is 3.63. The van der Waals surface area contributed by atoms with Gasteiger partial charge in [-0.05, 0) is 24.5 Å². The van der Waals surface area contributed by atoms with E-state index in [2.05, 4.69) is 20.3 Å². The summed E-state index contributed by atoms with van der Waals surface area (Å²) in [6, 6.07) is 5.18. The van der Waals surface area contributed by atoms with Gasteiger partial charge >= 0.3 is 6.18 Å². The minimum atomic E-state index is -4.64. The standard InChI is InChI=1S/C24H19F5N4O2/c25-17-3-2-14(19(26)8-17)11-31-22-9-20(21(35)4-1-13-5-18(34)6-13)32-23(33-22)15-7-16(12-30-10-15)24(27,28)29/h2-3,7-10,12-13H,1,4-6,11H2,(H,31,32,33). The molecule has 1 aliphatic carbocycles. The first-order chi connectivity index (χ1) is 16.6. The highest BCUT2D eigenvalue weighted by Crippen LogP contribution is 2.31. The fourth-order valence-electron chi connectivity index (χ4n) is 3.63. The molecule has 0 unspecified atom stereocenters. The van der Waals surface area contributed by atoms with E-state index >= 15 is 0 Å². The molecule has 1 fully saturated rings. The Kier molecular flexibility index (Phi) is 6.86. The van der Waals surface area contributed by atoms with Crippen LogP contribution < -0.4 is 5.32 Å². The van der Waals surface area contributed by atoms with Gasteiger partial charge in [0.05, 0.1) is 5.56 Å². The average Bonchev–Trinajstić information content (AvgIpc) is 2.79. The summed E-state index contributed by atoms with van der Waals surface area (Å²) in [5, 5.41) is 2.81. The van der Waals surface area contributed by atoms with E-state index in [1.807, 2.05) is 0 Å². The van der Waals surface area contributed by atoms with Crippen molar-refractivity contribution >= 4 is 17.4 Å². The molecule has 2 heterocycles. The maximum absolute atomic E-state index is 14.0. The average molecular weight is 490 g/mol. The molecule has 182 valence electrons. The molecule has 1 aromatic carbocycles. The summed E-state index contributed by atoms with van der Waals surface area (Å²) < 4.78 is 66.6. The molecule has 4 rings (SSSR count). The van der Waals surface area contributed by atoms with Crippen LogP contribution in [-0.2, 0) is 17.5 Å². The molecule has 0 aliphatic heterocycles. The van der Waals surface area contributed by atoms with Gasteiger partial charge in [0.1, 0.15) is 28.9 Å². The molecule has 0 saturated heterocycles. The number of hydrogen-bond donors (Lipinski definition) is 1. The first-order valence-corrected chi connectivity index (χ1v) is 10.7.